The van der Waals surface area contributed by atoms with E-state index in [4.69, 9.17) is 4.74 Å². The number of rotatable bonds is 6. The maximum Gasteiger partial charge on any atom is 0.358 e. The fourth-order valence-electron chi connectivity index (χ4n) is 2.91. The standard InChI is InChI=1S/C21H20N2O6S/c1-14-8-10-16(11-9-14)23-12-15(19(22-23)21(25)29-3)13-30(26,27)18-7-5-4-6-17(18)20(24)28-2/h4-12H,13H2,1-3H3. The zero-order valence-corrected chi connectivity index (χ0v) is 17.5. The van der Waals surface area contributed by atoms with E-state index < -0.39 is 27.5 Å². The van der Waals surface area contributed by atoms with Crippen LogP contribution < -0.4 is 0 Å². The van der Waals surface area contributed by atoms with Crippen molar-refractivity contribution >= 4 is 21.8 Å². The van der Waals surface area contributed by atoms with Crippen LogP contribution in [0.3, 0.4) is 0 Å². The van der Waals surface area contributed by atoms with Crippen molar-refractivity contribution in [1.29, 1.82) is 0 Å². The van der Waals surface area contributed by atoms with Crippen LogP contribution in [0.15, 0.2) is 59.6 Å². The van der Waals surface area contributed by atoms with Crippen LogP contribution in [0.1, 0.15) is 32.0 Å². The second-order valence-corrected chi connectivity index (χ2v) is 8.48. The van der Waals surface area contributed by atoms with E-state index in [0.717, 1.165) is 5.56 Å². The van der Waals surface area contributed by atoms with Gasteiger partial charge in [0.15, 0.2) is 15.5 Å². The van der Waals surface area contributed by atoms with Crippen LogP contribution >= 0.6 is 0 Å². The topological polar surface area (TPSA) is 105 Å². The van der Waals surface area contributed by atoms with Crippen LogP contribution in [0.4, 0.5) is 0 Å². The number of carbonyl (C=O) groups excluding carboxylic acids is 2. The highest BCUT2D eigenvalue weighted by atomic mass is 32.2. The van der Waals surface area contributed by atoms with Crippen LogP contribution in [-0.2, 0) is 25.1 Å². The summed E-state index contributed by atoms with van der Waals surface area (Å²) in [6.07, 6.45) is 1.47. The van der Waals surface area contributed by atoms with Gasteiger partial charge in [-0.2, -0.15) is 5.10 Å². The summed E-state index contributed by atoms with van der Waals surface area (Å²) in [6, 6.07) is 13.1. The molecule has 3 aromatic rings. The minimum absolute atomic E-state index is 0.0782. The molecule has 1 heterocycles. The Bertz CT molecular complexity index is 1200. The zero-order valence-electron chi connectivity index (χ0n) is 16.7. The van der Waals surface area contributed by atoms with Gasteiger partial charge in [-0.1, -0.05) is 29.8 Å². The molecule has 0 aliphatic carbocycles. The van der Waals surface area contributed by atoms with Crippen LogP contribution in [-0.4, -0.2) is 44.4 Å². The summed E-state index contributed by atoms with van der Waals surface area (Å²) < 4.78 is 37.1. The third-order valence-electron chi connectivity index (χ3n) is 4.44. The summed E-state index contributed by atoms with van der Waals surface area (Å²) in [5.41, 5.74) is 1.66. The zero-order chi connectivity index (χ0) is 21.9. The Kier molecular flexibility index (Phi) is 6.02. The first-order valence-corrected chi connectivity index (χ1v) is 10.6. The number of hydrogen-bond donors (Lipinski definition) is 0. The van der Waals surface area contributed by atoms with Gasteiger partial charge in [0, 0.05) is 11.8 Å². The molecule has 0 fully saturated rings. The first kappa shape index (κ1) is 21.3. The first-order chi connectivity index (χ1) is 14.3. The van der Waals surface area contributed by atoms with Crippen molar-refractivity contribution in [3.63, 3.8) is 0 Å². The number of methoxy groups -OCH3 is 2. The van der Waals surface area contributed by atoms with E-state index in [-0.39, 0.29) is 21.7 Å². The molecule has 0 N–H and O–H groups in total. The highest BCUT2D eigenvalue weighted by molar-refractivity contribution is 7.90. The van der Waals surface area contributed by atoms with E-state index in [1.165, 1.54) is 43.3 Å². The van der Waals surface area contributed by atoms with E-state index in [1.54, 1.807) is 18.2 Å². The molecule has 9 heteroatoms. The second-order valence-electron chi connectivity index (χ2n) is 6.52. The molecule has 0 radical (unpaired) electrons. The number of ether oxygens (including phenoxy) is 2. The lowest BCUT2D eigenvalue weighted by atomic mass is 10.2. The summed E-state index contributed by atoms with van der Waals surface area (Å²) >= 11 is 0. The highest BCUT2D eigenvalue weighted by Crippen LogP contribution is 2.24. The van der Waals surface area contributed by atoms with E-state index >= 15 is 0 Å². The monoisotopic (exact) mass is 428 g/mol. The van der Waals surface area contributed by atoms with Gasteiger partial charge < -0.3 is 9.47 Å². The molecule has 0 unspecified atom stereocenters. The van der Waals surface area contributed by atoms with Crippen molar-refractivity contribution in [1.82, 2.24) is 9.78 Å². The van der Waals surface area contributed by atoms with E-state index in [2.05, 4.69) is 9.84 Å². The number of aromatic nitrogens is 2. The van der Waals surface area contributed by atoms with Gasteiger partial charge in [-0.25, -0.2) is 22.7 Å². The van der Waals surface area contributed by atoms with Crippen molar-refractivity contribution in [3.8, 4) is 5.69 Å². The molecule has 30 heavy (non-hydrogen) atoms. The largest absolute Gasteiger partial charge is 0.465 e. The molecule has 0 amide bonds. The molecule has 1 aromatic heterocycles. The van der Waals surface area contributed by atoms with Crippen LogP contribution in [0.25, 0.3) is 5.69 Å². The van der Waals surface area contributed by atoms with Crippen LogP contribution in [0, 0.1) is 6.92 Å². The van der Waals surface area contributed by atoms with E-state index in [9.17, 15) is 18.0 Å². The first-order valence-electron chi connectivity index (χ1n) is 8.91. The molecule has 0 bridgehead atoms. The minimum atomic E-state index is -4.00. The Morgan fingerprint density at radius 3 is 2.23 bits per heavy atom. The van der Waals surface area contributed by atoms with Gasteiger partial charge in [0.25, 0.3) is 0 Å². The molecule has 0 spiro atoms. The Morgan fingerprint density at radius 2 is 1.60 bits per heavy atom. The molecule has 156 valence electrons. The van der Waals surface area contributed by atoms with Gasteiger partial charge in [-0.05, 0) is 31.2 Å². The van der Waals surface area contributed by atoms with Crippen molar-refractivity contribution in [2.45, 2.75) is 17.6 Å². The maximum absolute atomic E-state index is 13.1. The summed E-state index contributed by atoms with van der Waals surface area (Å²) in [6.45, 7) is 1.93. The average molecular weight is 428 g/mol. The number of aryl methyl sites for hydroxylation is 1. The number of sulfone groups is 1. The number of carbonyl (C=O) groups is 2. The molecule has 0 saturated heterocycles. The summed E-state index contributed by atoms with van der Waals surface area (Å²) in [7, 11) is -1.64. The smallest absolute Gasteiger partial charge is 0.358 e. The molecule has 0 aliphatic rings. The molecule has 0 saturated carbocycles. The van der Waals surface area contributed by atoms with Gasteiger partial charge in [-0.15, -0.1) is 0 Å². The molecule has 2 aromatic carbocycles. The second kappa shape index (κ2) is 8.50. The van der Waals surface area contributed by atoms with Gasteiger partial charge in [-0.3, -0.25) is 0 Å². The third kappa shape index (κ3) is 4.25. The lowest BCUT2D eigenvalue weighted by Gasteiger charge is -2.09. The predicted molar refractivity (Wildman–Crippen MR) is 108 cm³/mol. The third-order valence-corrected chi connectivity index (χ3v) is 6.16. The SMILES string of the molecule is COC(=O)c1ccccc1S(=O)(=O)Cc1cn(-c2ccc(C)cc2)nc1C(=O)OC. The van der Waals surface area contributed by atoms with Gasteiger partial charge in [0.05, 0.1) is 36.1 Å². The lowest BCUT2D eigenvalue weighted by Crippen LogP contribution is -2.14. The lowest BCUT2D eigenvalue weighted by molar-refractivity contribution is 0.0585. The van der Waals surface area contributed by atoms with Crippen molar-refractivity contribution in [3.05, 3.63) is 77.1 Å². The van der Waals surface area contributed by atoms with Crippen molar-refractivity contribution in [2.75, 3.05) is 14.2 Å². The van der Waals surface area contributed by atoms with E-state index in [0.29, 0.717) is 5.69 Å². The fourth-order valence-corrected chi connectivity index (χ4v) is 4.46. The average Bonchev–Trinajstić information content (AvgIpc) is 3.16. The van der Waals surface area contributed by atoms with Crippen molar-refractivity contribution in [2.24, 2.45) is 0 Å². The van der Waals surface area contributed by atoms with E-state index in [1.807, 2.05) is 19.1 Å². The number of hydrogen-bond acceptors (Lipinski definition) is 7. The maximum atomic E-state index is 13.1. The fraction of sp³-hybridized carbons (Fsp3) is 0.190. The molecule has 0 aliphatic heterocycles. The Morgan fingerprint density at radius 1 is 0.967 bits per heavy atom. The predicted octanol–water partition coefficient (Wildman–Crippen LogP) is 2.73. The van der Waals surface area contributed by atoms with Crippen molar-refractivity contribution < 1.29 is 27.5 Å². The van der Waals surface area contributed by atoms with Crippen LogP contribution in [0.2, 0.25) is 0 Å². The summed E-state index contributed by atoms with van der Waals surface area (Å²) in [5.74, 6) is -2.07. The molecule has 3 rings (SSSR count). The molecule has 0 atom stereocenters. The Labute approximate surface area is 174 Å². The minimum Gasteiger partial charge on any atom is -0.465 e. The quantitative estimate of drug-likeness (QED) is 0.556. The molecular formula is C21H20N2O6S. The number of benzene rings is 2. The van der Waals surface area contributed by atoms with Crippen LogP contribution in [0.5, 0.6) is 0 Å². The summed E-state index contributed by atoms with van der Waals surface area (Å²) in [5, 5.41) is 4.22. The Hall–Kier alpha value is -3.46. The number of nitrogens with zero attached hydrogens (tertiary/aromatic N) is 2. The normalized spacial score (nSPS) is 11.2. The van der Waals surface area contributed by atoms with Gasteiger partial charge >= 0.3 is 11.9 Å². The molecular weight excluding hydrogens is 408 g/mol. The highest BCUT2D eigenvalue weighted by Gasteiger charge is 2.27. The number of esters is 2. The summed E-state index contributed by atoms with van der Waals surface area (Å²) in [4.78, 5) is 24.0. The van der Waals surface area contributed by atoms with Gasteiger partial charge in [0.1, 0.15) is 0 Å². The molecule has 8 nitrogen and oxygen atoms in total. The van der Waals surface area contributed by atoms with Gasteiger partial charge in [0.2, 0.25) is 0 Å². The Balaban J connectivity index is 2.06.